The number of benzene rings is 3. The largest absolute Gasteiger partial charge is 0.481 e. The summed E-state index contributed by atoms with van der Waals surface area (Å²) < 4.78 is 15.3. The van der Waals surface area contributed by atoms with E-state index in [0.717, 1.165) is 50.8 Å². The summed E-state index contributed by atoms with van der Waals surface area (Å²) >= 11 is 3.25. The molecule has 0 spiro atoms. The van der Waals surface area contributed by atoms with E-state index in [2.05, 4.69) is 92.6 Å². The Balaban J connectivity index is 0.000000208. The van der Waals surface area contributed by atoms with Gasteiger partial charge in [0.05, 0.1) is 69.4 Å². The van der Waals surface area contributed by atoms with Gasteiger partial charge in [-0.15, -0.1) is 34.0 Å². The molecular formula is C82H96N10O15S3. The molecule has 28 heteroatoms. The topological polar surface area (TPSA) is 349 Å². The number of ketones is 5. The number of Topliss-reactive ketones (excluding diaryl/α,β-unsaturated/α-hetero) is 5. The Labute approximate surface area is 649 Å². The molecule has 9 aromatic rings. The van der Waals surface area contributed by atoms with Gasteiger partial charge >= 0.3 is 11.9 Å². The normalized spacial score (nSPS) is 14.2. The van der Waals surface area contributed by atoms with Crippen molar-refractivity contribution in [2.24, 2.45) is 15.0 Å². The number of aliphatic imine (C=N–C) groups is 3. The number of H-pyrrole nitrogens is 3. The molecule has 0 radical (unpaired) electrons. The summed E-state index contributed by atoms with van der Waals surface area (Å²) in [5.41, 5.74) is 9.59. The highest BCUT2D eigenvalue weighted by Crippen LogP contribution is 2.29. The lowest BCUT2D eigenvalue weighted by molar-refractivity contribution is -0.138. The number of hydrogen-bond acceptors (Lipinski definition) is 19. The highest BCUT2D eigenvalue weighted by Gasteiger charge is 2.37. The van der Waals surface area contributed by atoms with Gasteiger partial charge in [0.25, 0.3) is 22.6 Å². The number of likely N-dealkylation sites (tertiary alicyclic amines) is 1. The molecule has 110 heavy (non-hydrogen) atoms. The van der Waals surface area contributed by atoms with Crippen LogP contribution in [0.1, 0.15) is 224 Å². The molecule has 3 aromatic carbocycles. The summed E-state index contributed by atoms with van der Waals surface area (Å²) in [6, 6.07) is 33.0. The van der Waals surface area contributed by atoms with Gasteiger partial charge in [-0.1, -0.05) is 98.7 Å². The number of carboxylic acids is 2. The van der Waals surface area contributed by atoms with Gasteiger partial charge in [0.1, 0.15) is 31.8 Å². The third kappa shape index (κ3) is 21.3. The fourth-order valence-electron chi connectivity index (χ4n) is 12.1. The number of ether oxygens (including phenoxy) is 2. The van der Waals surface area contributed by atoms with Crippen LogP contribution in [-0.2, 0) is 35.3 Å². The van der Waals surface area contributed by atoms with Crippen LogP contribution in [0, 0.1) is 20.8 Å². The fourth-order valence-corrected chi connectivity index (χ4v) is 14.8. The van der Waals surface area contributed by atoms with E-state index in [1.54, 1.807) is 84.1 Å². The van der Waals surface area contributed by atoms with E-state index in [9.17, 15) is 52.7 Å². The number of nitrogens with zero attached hydrogens (tertiary/aromatic N) is 7. The molecule has 1 aliphatic rings. The maximum absolute atomic E-state index is 13.2. The summed E-state index contributed by atoms with van der Waals surface area (Å²) in [4.78, 5) is 153. The maximum atomic E-state index is 13.2. The van der Waals surface area contributed by atoms with Crippen molar-refractivity contribution >= 4 is 97.9 Å². The molecule has 7 heterocycles. The second kappa shape index (κ2) is 36.3. The van der Waals surface area contributed by atoms with Gasteiger partial charge in [-0.05, 0) is 154 Å². The van der Waals surface area contributed by atoms with Crippen LogP contribution in [0.15, 0.2) is 139 Å². The van der Waals surface area contributed by atoms with Crippen molar-refractivity contribution in [1.29, 1.82) is 0 Å². The van der Waals surface area contributed by atoms with Crippen LogP contribution in [0.2, 0.25) is 0 Å². The lowest BCUT2D eigenvalue weighted by atomic mass is 9.87. The number of aromatic amines is 3. The molecule has 0 saturated carbocycles. The minimum atomic E-state index is -1.04. The third-order valence-corrected chi connectivity index (χ3v) is 22.0. The number of carboxylic acid groups (broad SMARTS) is 2. The Morgan fingerprint density at radius 2 is 0.682 bits per heavy atom. The zero-order valence-electron chi connectivity index (χ0n) is 65.2. The second-order valence-electron chi connectivity index (χ2n) is 29.9. The van der Waals surface area contributed by atoms with E-state index >= 15 is 0 Å². The Morgan fingerprint density at radius 1 is 0.409 bits per heavy atom. The molecule has 582 valence electrons. The van der Waals surface area contributed by atoms with Gasteiger partial charge in [0.15, 0.2) is 28.9 Å². The Morgan fingerprint density at radius 3 is 0.964 bits per heavy atom. The fraction of sp³-hybridized carbons (Fsp3) is 0.390. The molecule has 25 nitrogen and oxygen atoms in total. The van der Waals surface area contributed by atoms with Gasteiger partial charge in [-0.2, -0.15) is 0 Å². The lowest BCUT2D eigenvalue weighted by Crippen LogP contribution is -2.29. The SMILES string of the molecule is CC(=NCC(=O)c1ccc(C(=O)CCC(=O)O)s1)c1c(C)[nH]n(-c2ccc(C(C)(C)C)cc2)c1=O.CC(=NCC(=O)c1ccc(C(=O)CCCC(=O)O)s1)c1c(C)[nH]n(-c2ccc(C(C)(C)C)cc2)c1=O.COC1CN(C(=O)c2ccc(C(=O)CN=C(C)c3c(C)[nH]n(-c4ccc(C(C)(C)C)cc4)c3=O)s2)CC1OC. The van der Waals surface area contributed by atoms with Crippen LogP contribution in [-0.4, -0.2) is 168 Å². The van der Waals surface area contributed by atoms with E-state index in [1.807, 2.05) is 79.7 Å². The van der Waals surface area contributed by atoms with Crippen molar-refractivity contribution in [1.82, 2.24) is 34.2 Å². The number of carbonyl (C=O) groups is 8. The zero-order valence-corrected chi connectivity index (χ0v) is 67.6. The van der Waals surface area contributed by atoms with Crippen LogP contribution in [0.25, 0.3) is 17.1 Å². The first-order valence-electron chi connectivity index (χ1n) is 35.8. The molecule has 1 saturated heterocycles. The smallest absolute Gasteiger partial charge is 0.303 e. The summed E-state index contributed by atoms with van der Waals surface area (Å²) in [5, 5.41) is 26.7. The van der Waals surface area contributed by atoms with Crippen LogP contribution in [0.3, 0.4) is 0 Å². The molecule has 1 amide bonds. The van der Waals surface area contributed by atoms with Crippen LogP contribution in [0.4, 0.5) is 0 Å². The van der Waals surface area contributed by atoms with Crippen molar-refractivity contribution in [3.63, 3.8) is 0 Å². The number of rotatable bonds is 27. The number of hydrogen-bond donors (Lipinski definition) is 5. The second-order valence-corrected chi connectivity index (χ2v) is 33.1. The summed E-state index contributed by atoms with van der Waals surface area (Å²) in [6.45, 7) is 30.1. The zero-order chi connectivity index (χ0) is 81.0. The number of carbonyl (C=O) groups excluding carboxylic acids is 6. The van der Waals surface area contributed by atoms with Crippen LogP contribution >= 0.6 is 34.0 Å². The van der Waals surface area contributed by atoms with Crippen LogP contribution in [0.5, 0.6) is 0 Å². The molecule has 5 N–H and O–H groups in total. The van der Waals surface area contributed by atoms with Crippen molar-refractivity contribution in [3.8, 4) is 17.1 Å². The molecular weight excluding hydrogens is 1460 g/mol. The third-order valence-electron chi connectivity index (χ3n) is 18.5. The van der Waals surface area contributed by atoms with Crippen molar-refractivity contribution < 1.29 is 58.0 Å². The first kappa shape index (κ1) is 85.1. The molecule has 2 atom stereocenters. The molecule has 1 fully saturated rings. The number of thiophene rings is 3. The van der Waals surface area contributed by atoms with Crippen molar-refractivity contribution in [2.75, 3.05) is 46.9 Å². The Hall–Kier alpha value is -10.5. The summed E-state index contributed by atoms with van der Waals surface area (Å²) in [7, 11) is 3.20. The average Bonchev–Trinajstić information content (AvgIpc) is 1.65. The number of aryl methyl sites for hydroxylation is 3. The quantitative estimate of drug-likeness (QED) is 0.0236. The van der Waals surface area contributed by atoms with E-state index in [0.29, 0.717) is 105 Å². The van der Waals surface area contributed by atoms with Crippen molar-refractivity contribution in [3.05, 3.63) is 220 Å². The molecule has 0 aliphatic carbocycles. The standard InChI is InChI=1S/C29H36N4O5S.C27H31N3O5S.C26H29N3O5S/c1-17(26-18(2)31-33(28(26)36)20-10-8-19(9-11-20)29(3,4)5)30-14-21(34)24-12-13-25(39-24)27(35)32-15-22(37-6)23(16-32)38-7;1-16(28-15-21(32)23-14-13-22(36-23)20(31)7-6-8-24(33)34)25-17(2)29-30(26(25)35)19-11-9-18(10-12-19)27(3,4)5;1-15(27-14-20(31)22-12-11-21(35-22)19(30)10-13-23(32)33)24-16(2)28-29(25(24)34)18-8-6-17(7-9-18)26(3,4)5/h8-13,22-23,31H,14-16H2,1-7H3;9-14,29H,6-8,15H2,1-5H3,(H,33,34);6-9,11-12,28H,10,13-14H2,1-5H3,(H,32,33). The van der Waals surface area contributed by atoms with Gasteiger partial charge in [-0.25, -0.2) is 14.0 Å². The van der Waals surface area contributed by atoms with Crippen LogP contribution < -0.4 is 16.7 Å². The average molecular weight is 1560 g/mol. The highest BCUT2D eigenvalue weighted by molar-refractivity contribution is 7.16. The Bertz CT molecular complexity index is 5170. The minimum Gasteiger partial charge on any atom is -0.481 e. The molecule has 6 aromatic heterocycles. The monoisotopic (exact) mass is 1560 g/mol. The summed E-state index contributed by atoms with van der Waals surface area (Å²) in [5.74, 6) is -3.38. The maximum Gasteiger partial charge on any atom is 0.303 e. The number of aliphatic carboxylic acids is 2. The predicted molar refractivity (Wildman–Crippen MR) is 431 cm³/mol. The first-order chi connectivity index (χ1) is 51.7. The first-order valence-corrected chi connectivity index (χ1v) is 38.2. The molecule has 10 rings (SSSR count). The van der Waals surface area contributed by atoms with E-state index in [4.69, 9.17) is 19.7 Å². The van der Waals surface area contributed by atoms with E-state index < -0.39 is 11.9 Å². The van der Waals surface area contributed by atoms with Crippen molar-refractivity contribution in [2.45, 2.75) is 164 Å². The lowest BCUT2D eigenvalue weighted by Gasteiger charge is -2.19. The Kier molecular flexibility index (Phi) is 28.1. The van der Waals surface area contributed by atoms with E-state index in [1.165, 1.54) is 25.7 Å². The number of amides is 1. The highest BCUT2D eigenvalue weighted by atomic mass is 32.1. The minimum absolute atomic E-state index is 0.00513. The van der Waals surface area contributed by atoms with Gasteiger partial charge < -0.3 is 24.6 Å². The summed E-state index contributed by atoms with van der Waals surface area (Å²) in [6.07, 6.45) is -0.415. The van der Waals surface area contributed by atoms with E-state index in [-0.39, 0.29) is 132 Å². The number of aromatic nitrogens is 6. The predicted octanol–water partition coefficient (Wildman–Crippen LogP) is 13.5. The van der Waals surface area contributed by atoms with Gasteiger partial charge in [-0.3, -0.25) is 83.0 Å². The molecule has 2 unspecified atom stereocenters. The number of methoxy groups -OCH3 is 2. The number of nitrogens with one attached hydrogen (secondary N) is 3. The van der Waals surface area contributed by atoms with Gasteiger partial charge in [0.2, 0.25) is 0 Å². The molecule has 1 aliphatic heterocycles. The van der Waals surface area contributed by atoms with Gasteiger partial charge in [0, 0.05) is 80.8 Å². The molecule has 0 bridgehead atoms.